The maximum atomic E-state index is 12.1. The Bertz CT molecular complexity index is 206. The van der Waals surface area contributed by atoms with Crippen LogP contribution in [0.5, 0.6) is 0 Å². The van der Waals surface area contributed by atoms with Crippen LogP contribution in [0, 0.1) is 0 Å². The highest BCUT2D eigenvalue weighted by molar-refractivity contribution is 4.82. The maximum absolute atomic E-state index is 12.1. The molecule has 0 amide bonds. The van der Waals surface area contributed by atoms with Crippen LogP contribution in [-0.4, -0.2) is 42.8 Å². The number of rotatable bonds is 4. The summed E-state index contributed by atoms with van der Waals surface area (Å²) in [6, 6.07) is 0.724. The first kappa shape index (κ1) is 13.8. The summed E-state index contributed by atoms with van der Waals surface area (Å²) in [5, 5.41) is 3.36. The fourth-order valence-electron chi connectivity index (χ4n) is 2.30. The molecule has 1 rings (SSSR count). The molecule has 1 N–H and O–H groups in total. The van der Waals surface area contributed by atoms with E-state index in [1.54, 1.807) is 0 Å². The van der Waals surface area contributed by atoms with Gasteiger partial charge in [-0.15, -0.1) is 0 Å². The highest BCUT2D eigenvalue weighted by Crippen LogP contribution is 2.23. The summed E-state index contributed by atoms with van der Waals surface area (Å²) in [4.78, 5) is 1.95. The van der Waals surface area contributed by atoms with Crippen molar-refractivity contribution in [3.8, 4) is 0 Å². The molecule has 2 atom stereocenters. The summed E-state index contributed by atoms with van der Waals surface area (Å²) in [5.74, 6) is 0. The molecule has 1 saturated heterocycles. The Balaban J connectivity index is 2.30. The van der Waals surface area contributed by atoms with E-state index in [2.05, 4.69) is 12.2 Å². The molecule has 2 unspecified atom stereocenters. The van der Waals surface area contributed by atoms with Crippen LogP contribution in [-0.2, 0) is 0 Å². The molecule has 0 aromatic carbocycles. The summed E-state index contributed by atoms with van der Waals surface area (Å²) in [7, 11) is 0. The quantitative estimate of drug-likeness (QED) is 0.809. The molecular weight excluding hydrogens is 217 g/mol. The average molecular weight is 238 g/mol. The Morgan fingerprint density at radius 3 is 2.56 bits per heavy atom. The number of likely N-dealkylation sites (tertiary alicyclic amines) is 1. The van der Waals surface area contributed by atoms with Gasteiger partial charge in [0.15, 0.2) is 0 Å². The molecule has 96 valence electrons. The van der Waals surface area contributed by atoms with Gasteiger partial charge in [-0.05, 0) is 32.9 Å². The molecule has 5 heteroatoms. The number of alkyl halides is 3. The molecule has 0 spiro atoms. The van der Waals surface area contributed by atoms with Crippen molar-refractivity contribution in [2.75, 3.05) is 19.6 Å². The van der Waals surface area contributed by atoms with Gasteiger partial charge in [-0.25, -0.2) is 0 Å². The predicted octanol–water partition coefficient (Wildman–Crippen LogP) is 2.40. The number of hydrogen-bond acceptors (Lipinski definition) is 2. The van der Waals surface area contributed by atoms with E-state index in [0.717, 1.165) is 25.9 Å². The van der Waals surface area contributed by atoms with E-state index >= 15 is 0 Å². The van der Waals surface area contributed by atoms with Crippen LogP contribution in [0.4, 0.5) is 13.2 Å². The highest BCUT2D eigenvalue weighted by atomic mass is 19.4. The van der Waals surface area contributed by atoms with Gasteiger partial charge in [0.1, 0.15) is 0 Å². The number of halogens is 3. The zero-order valence-corrected chi connectivity index (χ0v) is 9.98. The summed E-state index contributed by atoms with van der Waals surface area (Å²) in [6.07, 6.45) is -2.82. The lowest BCUT2D eigenvalue weighted by molar-refractivity contribution is -0.139. The first-order valence-corrected chi connectivity index (χ1v) is 5.96. The Hall–Kier alpha value is -0.290. The van der Waals surface area contributed by atoms with Crippen molar-refractivity contribution >= 4 is 0 Å². The van der Waals surface area contributed by atoms with E-state index in [1.807, 2.05) is 11.8 Å². The van der Waals surface area contributed by atoms with Crippen molar-refractivity contribution < 1.29 is 13.2 Å². The molecule has 0 aliphatic carbocycles. The van der Waals surface area contributed by atoms with E-state index in [1.165, 1.54) is 0 Å². The minimum Gasteiger partial charge on any atom is -0.314 e. The highest BCUT2D eigenvalue weighted by Gasteiger charge is 2.31. The number of nitrogens with one attached hydrogen (secondary N) is 1. The fraction of sp³-hybridized carbons (Fsp3) is 1.00. The van der Waals surface area contributed by atoms with Crippen molar-refractivity contribution in [1.29, 1.82) is 0 Å². The molecule has 0 saturated carbocycles. The number of piperidine rings is 1. The summed E-state index contributed by atoms with van der Waals surface area (Å²) in [6.45, 7) is 5.92. The van der Waals surface area contributed by atoms with E-state index in [0.29, 0.717) is 6.04 Å². The second kappa shape index (κ2) is 5.87. The van der Waals surface area contributed by atoms with E-state index < -0.39 is 12.6 Å². The van der Waals surface area contributed by atoms with Crippen molar-refractivity contribution in [1.82, 2.24) is 10.2 Å². The van der Waals surface area contributed by atoms with Crippen LogP contribution in [0.2, 0.25) is 0 Å². The van der Waals surface area contributed by atoms with Crippen LogP contribution in [0.3, 0.4) is 0 Å². The second-order valence-corrected chi connectivity index (χ2v) is 4.53. The lowest BCUT2D eigenvalue weighted by Crippen LogP contribution is -2.48. The summed E-state index contributed by atoms with van der Waals surface area (Å²) in [5.41, 5.74) is 0. The van der Waals surface area contributed by atoms with E-state index in [9.17, 15) is 13.2 Å². The molecule has 0 radical (unpaired) electrons. The van der Waals surface area contributed by atoms with Gasteiger partial charge < -0.3 is 10.2 Å². The van der Waals surface area contributed by atoms with Gasteiger partial charge in [0.05, 0.1) is 6.42 Å². The SMILES string of the molecule is CCNC1CCN(CCC(F)(F)F)C(C)C1. The van der Waals surface area contributed by atoms with Crippen molar-refractivity contribution in [2.45, 2.75) is 51.4 Å². The Kier molecular flexibility index (Phi) is 5.05. The Morgan fingerprint density at radius 2 is 2.06 bits per heavy atom. The number of nitrogens with zero attached hydrogens (tertiary/aromatic N) is 1. The van der Waals surface area contributed by atoms with Crippen molar-refractivity contribution in [3.63, 3.8) is 0 Å². The van der Waals surface area contributed by atoms with E-state index in [4.69, 9.17) is 0 Å². The molecule has 1 aliphatic heterocycles. The van der Waals surface area contributed by atoms with Gasteiger partial charge in [-0.2, -0.15) is 13.2 Å². The number of hydrogen-bond donors (Lipinski definition) is 1. The third-order valence-electron chi connectivity index (χ3n) is 3.19. The van der Waals surface area contributed by atoms with Gasteiger partial charge in [0.2, 0.25) is 0 Å². The Morgan fingerprint density at radius 1 is 1.38 bits per heavy atom. The first-order valence-electron chi connectivity index (χ1n) is 5.96. The fourth-order valence-corrected chi connectivity index (χ4v) is 2.30. The van der Waals surface area contributed by atoms with Gasteiger partial charge in [0.25, 0.3) is 0 Å². The van der Waals surface area contributed by atoms with E-state index in [-0.39, 0.29) is 12.6 Å². The lowest BCUT2D eigenvalue weighted by Gasteiger charge is -2.38. The Labute approximate surface area is 95.2 Å². The van der Waals surface area contributed by atoms with Crippen LogP contribution in [0.1, 0.15) is 33.1 Å². The van der Waals surface area contributed by atoms with Gasteiger partial charge in [-0.3, -0.25) is 0 Å². The third-order valence-corrected chi connectivity index (χ3v) is 3.19. The predicted molar refractivity (Wildman–Crippen MR) is 58.4 cm³/mol. The zero-order chi connectivity index (χ0) is 12.2. The van der Waals surface area contributed by atoms with Crippen LogP contribution in [0.15, 0.2) is 0 Å². The molecular formula is C11H21F3N2. The van der Waals surface area contributed by atoms with Gasteiger partial charge >= 0.3 is 6.18 Å². The molecule has 1 heterocycles. The molecule has 1 fully saturated rings. The maximum Gasteiger partial charge on any atom is 0.390 e. The summed E-state index contributed by atoms with van der Waals surface area (Å²) < 4.78 is 36.3. The van der Waals surface area contributed by atoms with Crippen molar-refractivity contribution in [2.24, 2.45) is 0 Å². The van der Waals surface area contributed by atoms with Gasteiger partial charge in [-0.1, -0.05) is 6.92 Å². The zero-order valence-electron chi connectivity index (χ0n) is 9.98. The minimum atomic E-state index is -4.03. The minimum absolute atomic E-state index is 0.142. The standard InChI is InChI=1S/C11H21F3N2/c1-3-15-10-4-6-16(9(2)8-10)7-5-11(12,13)14/h9-10,15H,3-8H2,1-2H3. The average Bonchev–Trinajstić information content (AvgIpc) is 2.15. The van der Waals surface area contributed by atoms with Crippen LogP contribution >= 0.6 is 0 Å². The second-order valence-electron chi connectivity index (χ2n) is 4.53. The van der Waals surface area contributed by atoms with Gasteiger partial charge in [0, 0.05) is 18.6 Å². The van der Waals surface area contributed by atoms with Crippen LogP contribution in [0.25, 0.3) is 0 Å². The molecule has 1 aliphatic rings. The normalized spacial score (nSPS) is 28.3. The third kappa shape index (κ3) is 4.70. The lowest BCUT2D eigenvalue weighted by atomic mass is 9.98. The molecule has 0 bridgehead atoms. The smallest absolute Gasteiger partial charge is 0.314 e. The largest absolute Gasteiger partial charge is 0.390 e. The molecule has 16 heavy (non-hydrogen) atoms. The summed E-state index contributed by atoms with van der Waals surface area (Å²) >= 11 is 0. The first-order chi connectivity index (χ1) is 7.42. The molecule has 0 aromatic rings. The topological polar surface area (TPSA) is 15.3 Å². The van der Waals surface area contributed by atoms with Crippen LogP contribution < -0.4 is 5.32 Å². The molecule has 2 nitrogen and oxygen atoms in total. The van der Waals surface area contributed by atoms with Crippen molar-refractivity contribution in [3.05, 3.63) is 0 Å². The monoisotopic (exact) mass is 238 g/mol. The molecule has 0 aromatic heterocycles.